The minimum atomic E-state index is -0.219. The van der Waals surface area contributed by atoms with Crippen LogP contribution < -0.4 is 0 Å². The Hall–Kier alpha value is -2.22. The summed E-state index contributed by atoms with van der Waals surface area (Å²) in [5.74, 6) is 1.78. The molecule has 24 heavy (non-hydrogen) atoms. The molecule has 0 N–H and O–H groups in total. The molecule has 8 heteroatoms. The normalized spacial score (nSPS) is 17.4. The lowest BCUT2D eigenvalue weighted by Crippen LogP contribution is -2.49. The van der Waals surface area contributed by atoms with E-state index in [9.17, 15) is 4.79 Å². The number of aromatic nitrogens is 4. The van der Waals surface area contributed by atoms with Gasteiger partial charge in [-0.2, -0.15) is 4.98 Å². The van der Waals surface area contributed by atoms with Crippen LogP contribution in [0.3, 0.4) is 0 Å². The molecule has 3 heterocycles. The van der Waals surface area contributed by atoms with Crippen LogP contribution in [0.2, 0.25) is 0 Å². The number of hydrogen-bond acceptors (Lipinski definition) is 6. The number of imidazole rings is 1. The van der Waals surface area contributed by atoms with E-state index in [0.717, 1.165) is 18.9 Å². The molecule has 0 aromatic carbocycles. The molecule has 0 spiro atoms. The SMILES string of the molecule is CC(C)c1noc(CN2CCN(C(=O)C(C)n3ccnc3)CC2)n1. The highest BCUT2D eigenvalue weighted by atomic mass is 16.5. The van der Waals surface area contributed by atoms with Crippen molar-refractivity contribution in [3.8, 4) is 0 Å². The van der Waals surface area contributed by atoms with Crippen LogP contribution in [0.15, 0.2) is 23.2 Å². The second-order valence-corrected chi connectivity index (χ2v) is 6.49. The molecule has 3 rings (SSSR count). The molecule has 1 saturated heterocycles. The number of carbonyl (C=O) groups excluding carboxylic acids is 1. The van der Waals surface area contributed by atoms with E-state index in [0.29, 0.717) is 25.5 Å². The zero-order valence-corrected chi connectivity index (χ0v) is 14.4. The molecule has 2 aromatic heterocycles. The fourth-order valence-corrected chi connectivity index (χ4v) is 2.77. The van der Waals surface area contributed by atoms with E-state index in [1.54, 1.807) is 12.5 Å². The van der Waals surface area contributed by atoms with Gasteiger partial charge in [-0.15, -0.1) is 0 Å². The van der Waals surface area contributed by atoms with Crippen molar-refractivity contribution in [2.75, 3.05) is 26.2 Å². The number of piperazine rings is 1. The molecule has 0 bridgehead atoms. The summed E-state index contributed by atoms with van der Waals surface area (Å²) in [6.07, 6.45) is 5.19. The first-order valence-corrected chi connectivity index (χ1v) is 8.35. The van der Waals surface area contributed by atoms with Crippen LogP contribution in [0.5, 0.6) is 0 Å². The molecule has 1 fully saturated rings. The summed E-state index contributed by atoms with van der Waals surface area (Å²) in [7, 11) is 0. The summed E-state index contributed by atoms with van der Waals surface area (Å²) < 4.78 is 7.13. The molecule has 1 unspecified atom stereocenters. The fraction of sp³-hybridized carbons (Fsp3) is 0.625. The van der Waals surface area contributed by atoms with Gasteiger partial charge in [0.15, 0.2) is 5.82 Å². The Morgan fingerprint density at radius 1 is 1.25 bits per heavy atom. The lowest BCUT2D eigenvalue weighted by atomic mass is 10.2. The number of rotatable bonds is 5. The van der Waals surface area contributed by atoms with Gasteiger partial charge in [0.1, 0.15) is 6.04 Å². The average molecular weight is 332 g/mol. The first-order valence-electron chi connectivity index (χ1n) is 8.35. The molecular weight excluding hydrogens is 308 g/mol. The molecule has 130 valence electrons. The van der Waals surface area contributed by atoms with E-state index in [1.807, 2.05) is 36.4 Å². The van der Waals surface area contributed by atoms with Gasteiger partial charge in [-0.25, -0.2) is 4.98 Å². The second kappa shape index (κ2) is 7.12. The molecule has 1 aliphatic heterocycles. The van der Waals surface area contributed by atoms with Crippen molar-refractivity contribution in [1.82, 2.24) is 29.5 Å². The third-order valence-electron chi connectivity index (χ3n) is 4.37. The van der Waals surface area contributed by atoms with Crippen LogP contribution in [-0.4, -0.2) is 61.6 Å². The van der Waals surface area contributed by atoms with E-state index in [-0.39, 0.29) is 17.9 Å². The largest absolute Gasteiger partial charge is 0.338 e. The van der Waals surface area contributed by atoms with Gasteiger partial charge >= 0.3 is 0 Å². The molecule has 0 radical (unpaired) electrons. The third-order valence-corrected chi connectivity index (χ3v) is 4.37. The second-order valence-electron chi connectivity index (χ2n) is 6.49. The molecule has 8 nitrogen and oxygen atoms in total. The van der Waals surface area contributed by atoms with Crippen LogP contribution in [0.25, 0.3) is 0 Å². The maximum Gasteiger partial charge on any atom is 0.245 e. The Balaban J connectivity index is 1.51. The van der Waals surface area contributed by atoms with Crippen LogP contribution in [0.4, 0.5) is 0 Å². The topological polar surface area (TPSA) is 80.3 Å². The summed E-state index contributed by atoms with van der Waals surface area (Å²) >= 11 is 0. The molecular formula is C16H24N6O2. The fourth-order valence-electron chi connectivity index (χ4n) is 2.77. The molecule has 0 aliphatic carbocycles. The van der Waals surface area contributed by atoms with Gasteiger partial charge in [0.2, 0.25) is 11.8 Å². The molecule has 0 saturated carbocycles. The van der Waals surface area contributed by atoms with Gasteiger partial charge in [0, 0.05) is 44.5 Å². The van der Waals surface area contributed by atoms with E-state index in [4.69, 9.17) is 4.52 Å². The Labute approximate surface area is 141 Å². The summed E-state index contributed by atoms with van der Waals surface area (Å²) in [5, 5.41) is 3.99. The first kappa shape index (κ1) is 16.6. The van der Waals surface area contributed by atoms with E-state index >= 15 is 0 Å². The standard InChI is InChI=1S/C16H24N6O2/c1-12(2)15-18-14(24-19-15)10-20-6-8-21(9-7-20)16(23)13(3)22-5-4-17-11-22/h4-5,11-13H,6-10H2,1-3H3. The smallest absolute Gasteiger partial charge is 0.245 e. The van der Waals surface area contributed by atoms with E-state index in [1.165, 1.54) is 0 Å². The maximum absolute atomic E-state index is 12.6. The number of carbonyl (C=O) groups is 1. The van der Waals surface area contributed by atoms with Crippen molar-refractivity contribution < 1.29 is 9.32 Å². The van der Waals surface area contributed by atoms with Crippen LogP contribution in [-0.2, 0) is 11.3 Å². The Kier molecular flexibility index (Phi) is 4.94. The summed E-state index contributed by atoms with van der Waals surface area (Å²) in [6, 6.07) is -0.219. The predicted molar refractivity (Wildman–Crippen MR) is 87.2 cm³/mol. The quantitative estimate of drug-likeness (QED) is 0.821. The molecule has 1 atom stereocenters. The molecule has 2 aromatic rings. The van der Waals surface area contributed by atoms with Crippen molar-refractivity contribution in [3.63, 3.8) is 0 Å². The van der Waals surface area contributed by atoms with Crippen molar-refractivity contribution in [3.05, 3.63) is 30.4 Å². The third kappa shape index (κ3) is 3.64. The van der Waals surface area contributed by atoms with Crippen molar-refractivity contribution in [1.29, 1.82) is 0 Å². The molecule has 1 amide bonds. The minimum absolute atomic E-state index is 0.132. The monoisotopic (exact) mass is 332 g/mol. The first-order chi connectivity index (χ1) is 11.5. The summed E-state index contributed by atoms with van der Waals surface area (Å²) in [4.78, 5) is 25.1. The van der Waals surface area contributed by atoms with Crippen molar-refractivity contribution in [2.45, 2.75) is 39.3 Å². The van der Waals surface area contributed by atoms with Gasteiger partial charge in [-0.05, 0) is 6.92 Å². The highest BCUT2D eigenvalue weighted by molar-refractivity contribution is 5.80. The zero-order valence-electron chi connectivity index (χ0n) is 14.4. The van der Waals surface area contributed by atoms with Gasteiger partial charge in [0.05, 0.1) is 12.9 Å². The number of nitrogens with zero attached hydrogens (tertiary/aromatic N) is 6. The van der Waals surface area contributed by atoms with E-state index in [2.05, 4.69) is 20.0 Å². The van der Waals surface area contributed by atoms with Gasteiger partial charge in [-0.1, -0.05) is 19.0 Å². The summed E-state index contributed by atoms with van der Waals surface area (Å²) in [6.45, 7) is 9.66. The van der Waals surface area contributed by atoms with Crippen molar-refractivity contribution in [2.24, 2.45) is 0 Å². The van der Waals surface area contributed by atoms with Crippen LogP contribution >= 0.6 is 0 Å². The average Bonchev–Trinajstić information content (AvgIpc) is 3.26. The van der Waals surface area contributed by atoms with Gasteiger partial charge in [-0.3, -0.25) is 9.69 Å². The minimum Gasteiger partial charge on any atom is -0.338 e. The lowest BCUT2D eigenvalue weighted by Gasteiger charge is -2.35. The molecule has 1 aliphatic rings. The summed E-state index contributed by atoms with van der Waals surface area (Å²) in [5.41, 5.74) is 0. The highest BCUT2D eigenvalue weighted by Gasteiger charge is 2.26. The Morgan fingerprint density at radius 2 is 2.00 bits per heavy atom. The van der Waals surface area contributed by atoms with Crippen LogP contribution in [0, 0.1) is 0 Å². The van der Waals surface area contributed by atoms with Gasteiger partial charge in [0.25, 0.3) is 0 Å². The lowest BCUT2D eigenvalue weighted by molar-refractivity contribution is -0.136. The highest BCUT2D eigenvalue weighted by Crippen LogP contribution is 2.15. The zero-order chi connectivity index (χ0) is 17.1. The maximum atomic E-state index is 12.6. The number of hydrogen-bond donors (Lipinski definition) is 0. The van der Waals surface area contributed by atoms with E-state index < -0.39 is 0 Å². The number of amides is 1. The van der Waals surface area contributed by atoms with Crippen LogP contribution in [0.1, 0.15) is 44.4 Å². The Bertz CT molecular complexity index is 658. The van der Waals surface area contributed by atoms with Gasteiger partial charge < -0.3 is 14.0 Å². The predicted octanol–water partition coefficient (Wildman–Crippen LogP) is 1.29. The Morgan fingerprint density at radius 3 is 2.58 bits per heavy atom. The van der Waals surface area contributed by atoms with Crippen molar-refractivity contribution >= 4 is 5.91 Å².